The lowest BCUT2D eigenvalue weighted by Gasteiger charge is -2.13. The van der Waals surface area contributed by atoms with Gasteiger partial charge in [0.05, 0.1) is 5.56 Å². The Bertz CT molecular complexity index is 969. The number of rotatable bonds is 4. The van der Waals surface area contributed by atoms with Gasteiger partial charge in [0.2, 0.25) is 5.82 Å². The number of H-pyrrole nitrogens is 1. The van der Waals surface area contributed by atoms with Gasteiger partial charge in [-0.15, -0.1) is 13.2 Å². The molecule has 0 atom stereocenters. The van der Waals surface area contributed by atoms with E-state index in [2.05, 4.69) is 19.9 Å². The number of alkyl halides is 3. The normalized spacial score (nSPS) is 11.4. The Balaban J connectivity index is 2.07. The van der Waals surface area contributed by atoms with E-state index >= 15 is 0 Å². The number of nitrogens with two attached hydrogens (primary N) is 1. The van der Waals surface area contributed by atoms with E-state index in [0.29, 0.717) is 0 Å². The van der Waals surface area contributed by atoms with Crippen LogP contribution in [-0.4, -0.2) is 27.5 Å². The molecule has 0 unspecified atom stereocenters. The first-order valence-electron chi connectivity index (χ1n) is 7.12. The summed E-state index contributed by atoms with van der Waals surface area (Å²) in [6.45, 7) is 0. The molecule has 0 spiro atoms. The van der Waals surface area contributed by atoms with Gasteiger partial charge in [0.25, 0.3) is 5.91 Å². The highest BCUT2D eigenvalue weighted by atomic mass is 19.4. The molecule has 0 saturated carbocycles. The maximum absolute atomic E-state index is 14.1. The Morgan fingerprint density at radius 1 is 1.12 bits per heavy atom. The quantitative estimate of drug-likeness (QED) is 0.693. The molecule has 26 heavy (non-hydrogen) atoms. The number of benzene rings is 2. The minimum Gasteiger partial charge on any atom is -0.405 e. The smallest absolute Gasteiger partial charge is 0.405 e. The number of amides is 1. The number of halogens is 4. The molecule has 0 fully saturated rings. The van der Waals surface area contributed by atoms with Crippen LogP contribution in [0.3, 0.4) is 0 Å². The number of aromatic amines is 1. The molecule has 1 aromatic heterocycles. The zero-order valence-corrected chi connectivity index (χ0v) is 12.8. The summed E-state index contributed by atoms with van der Waals surface area (Å²) in [7, 11) is 0. The van der Waals surface area contributed by atoms with Crippen LogP contribution in [0, 0.1) is 5.82 Å². The fourth-order valence-electron chi connectivity index (χ4n) is 2.28. The first kappa shape index (κ1) is 17.4. The fraction of sp³-hybridized carbons (Fsp3) is 0.0625. The Kier molecular flexibility index (Phi) is 4.33. The van der Waals surface area contributed by atoms with E-state index in [-0.39, 0.29) is 28.3 Å². The van der Waals surface area contributed by atoms with Gasteiger partial charge in [0, 0.05) is 5.56 Å². The standard InChI is InChI=1S/C16H10F4N4O2/c17-11-6-5-8(7-10(11)14-22-15(13(21)25)24-23-14)9-3-1-2-4-12(9)26-16(18,19)20/h1-7H,(H2,21,25)(H,22,23,24). The van der Waals surface area contributed by atoms with Crippen molar-refractivity contribution in [3.8, 4) is 28.3 Å². The summed E-state index contributed by atoms with van der Waals surface area (Å²) in [5, 5.41) is 5.95. The summed E-state index contributed by atoms with van der Waals surface area (Å²) in [5.74, 6) is -2.48. The second-order valence-corrected chi connectivity index (χ2v) is 5.11. The van der Waals surface area contributed by atoms with Gasteiger partial charge in [-0.25, -0.2) is 9.37 Å². The highest BCUT2D eigenvalue weighted by molar-refractivity contribution is 5.89. The summed E-state index contributed by atoms with van der Waals surface area (Å²) in [6, 6.07) is 9.02. The molecule has 10 heteroatoms. The first-order valence-corrected chi connectivity index (χ1v) is 7.12. The van der Waals surface area contributed by atoms with Crippen LogP contribution in [0.2, 0.25) is 0 Å². The number of aromatic nitrogens is 3. The molecule has 3 aromatic rings. The van der Waals surface area contributed by atoms with Crippen molar-refractivity contribution in [3.63, 3.8) is 0 Å². The largest absolute Gasteiger partial charge is 0.573 e. The number of hydrogen-bond donors (Lipinski definition) is 2. The molecule has 3 rings (SSSR count). The summed E-state index contributed by atoms with van der Waals surface area (Å²) < 4.78 is 55.9. The molecule has 6 nitrogen and oxygen atoms in total. The average Bonchev–Trinajstić information content (AvgIpc) is 3.04. The number of para-hydroxylation sites is 1. The van der Waals surface area contributed by atoms with E-state index in [1.807, 2.05) is 0 Å². The zero-order chi connectivity index (χ0) is 18.9. The van der Waals surface area contributed by atoms with E-state index in [4.69, 9.17) is 5.73 Å². The molecule has 0 radical (unpaired) electrons. The lowest BCUT2D eigenvalue weighted by Crippen LogP contribution is -2.17. The molecule has 134 valence electrons. The van der Waals surface area contributed by atoms with Gasteiger partial charge in [0.1, 0.15) is 11.6 Å². The third-order valence-corrected chi connectivity index (χ3v) is 3.35. The van der Waals surface area contributed by atoms with Gasteiger partial charge in [-0.2, -0.15) is 5.10 Å². The van der Waals surface area contributed by atoms with Crippen LogP contribution in [0.25, 0.3) is 22.5 Å². The number of nitrogens with zero attached hydrogens (tertiary/aromatic N) is 2. The molecule has 0 aliphatic carbocycles. The van der Waals surface area contributed by atoms with Crippen molar-refractivity contribution >= 4 is 5.91 Å². The highest BCUT2D eigenvalue weighted by Gasteiger charge is 2.32. The molecule has 3 N–H and O–H groups in total. The predicted octanol–water partition coefficient (Wildman–Crippen LogP) is 3.28. The van der Waals surface area contributed by atoms with E-state index in [1.54, 1.807) is 0 Å². The predicted molar refractivity (Wildman–Crippen MR) is 82.4 cm³/mol. The van der Waals surface area contributed by atoms with E-state index < -0.39 is 23.8 Å². The molecule has 0 aliphatic heterocycles. The third-order valence-electron chi connectivity index (χ3n) is 3.35. The van der Waals surface area contributed by atoms with E-state index in [0.717, 1.165) is 12.1 Å². The van der Waals surface area contributed by atoms with Crippen molar-refractivity contribution in [2.45, 2.75) is 6.36 Å². The number of carbonyl (C=O) groups is 1. The van der Waals surface area contributed by atoms with Crippen molar-refractivity contribution in [2.75, 3.05) is 0 Å². The van der Waals surface area contributed by atoms with Crippen LogP contribution < -0.4 is 10.5 Å². The Morgan fingerprint density at radius 2 is 1.85 bits per heavy atom. The first-order chi connectivity index (χ1) is 12.2. The highest BCUT2D eigenvalue weighted by Crippen LogP contribution is 2.35. The number of hydrogen-bond acceptors (Lipinski definition) is 4. The van der Waals surface area contributed by atoms with Crippen LogP contribution in [0.15, 0.2) is 42.5 Å². The van der Waals surface area contributed by atoms with Crippen molar-refractivity contribution < 1.29 is 27.1 Å². The topological polar surface area (TPSA) is 93.9 Å². The van der Waals surface area contributed by atoms with E-state index in [9.17, 15) is 22.4 Å². The molecule has 1 amide bonds. The summed E-state index contributed by atoms with van der Waals surface area (Å²) in [6.07, 6.45) is -4.88. The number of nitrogens with one attached hydrogen (secondary N) is 1. The van der Waals surface area contributed by atoms with Crippen LogP contribution in [0.1, 0.15) is 10.6 Å². The van der Waals surface area contributed by atoms with Gasteiger partial charge < -0.3 is 10.5 Å². The second kappa shape index (κ2) is 6.47. The minimum atomic E-state index is -4.88. The number of primary amides is 1. The maximum atomic E-state index is 14.1. The van der Waals surface area contributed by atoms with Crippen LogP contribution in [0.5, 0.6) is 5.75 Å². The molecule has 0 bridgehead atoms. The summed E-state index contributed by atoms with van der Waals surface area (Å²) in [5.41, 5.74) is 5.27. The summed E-state index contributed by atoms with van der Waals surface area (Å²) >= 11 is 0. The Morgan fingerprint density at radius 3 is 2.50 bits per heavy atom. The lowest BCUT2D eigenvalue weighted by molar-refractivity contribution is -0.274. The van der Waals surface area contributed by atoms with Crippen molar-refractivity contribution in [1.82, 2.24) is 15.2 Å². The van der Waals surface area contributed by atoms with Crippen LogP contribution in [-0.2, 0) is 0 Å². The monoisotopic (exact) mass is 366 g/mol. The number of ether oxygens (including phenoxy) is 1. The Labute approximate surface area is 143 Å². The summed E-state index contributed by atoms with van der Waals surface area (Å²) in [4.78, 5) is 14.8. The van der Waals surface area contributed by atoms with Crippen molar-refractivity contribution in [3.05, 3.63) is 54.1 Å². The molecule has 2 aromatic carbocycles. The molecular weight excluding hydrogens is 356 g/mol. The SMILES string of the molecule is NC(=O)c1nc(-c2cc(-c3ccccc3OC(F)(F)F)ccc2F)n[nH]1. The fourth-order valence-corrected chi connectivity index (χ4v) is 2.28. The lowest BCUT2D eigenvalue weighted by atomic mass is 10.0. The van der Waals surface area contributed by atoms with Gasteiger partial charge in [-0.3, -0.25) is 9.89 Å². The number of carbonyl (C=O) groups excluding carboxylic acids is 1. The maximum Gasteiger partial charge on any atom is 0.573 e. The molecule has 0 aliphatic rings. The van der Waals surface area contributed by atoms with Gasteiger partial charge in [0.15, 0.2) is 5.82 Å². The molecule has 0 saturated heterocycles. The van der Waals surface area contributed by atoms with Gasteiger partial charge in [-0.05, 0) is 23.8 Å². The van der Waals surface area contributed by atoms with Crippen LogP contribution in [0.4, 0.5) is 17.6 Å². The van der Waals surface area contributed by atoms with Gasteiger partial charge >= 0.3 is 6.36 Å². The van der Waals surface area contributed by atoms with Crippen molar-refractivity contribution in [2.24, 2.45) is 5.73 Å². The van der Waals surface area contributed by atoms with Gasteiger partial charge in [-0.1, -0.05) is 24.3 Å². The molecular formula is C16H10F4N4O2. The average molecular weight is 366 g/mol. The van der Waals surface area contributed by atoms with Crippen LogP contribution >= 0.6 is 0 Å². The molecule has 1 heterocycles. The minimum absolute atomic E-state index is 0.0942. The van der Waals surface area contributed by atoms with E-state index in [1.165, 1.54) is 30.3 Å². The Hall–Kier alpha value is -3.43. The van der Waals surface area contributed by atoms with Crippen molar-refractivity contribution in [1.29, 1.82) is 0 Å². The third kappa shape index (κ3) is 3.63. The second-order valence-electron chi connectivity index (χ2n) is 5.11. The zero-order valence-electron chi connectivity index (χ0n) is 12.8.